The van der Waals surface area contributed by atoms with Crippen LogP contribution in [-0.4, -0.2) is 27.6 Å². The molecule has 0 spiro atoms. The average molecular weight is 250 g/mol. The molecule has 0 aliphatic heterocycles. The van der Waals surface area contributed by atoms with Crippen LogP contribution in [0.25, 0.3) is 0 Å². The smallest absolute Gasteiger partial charge is 0.0842 e. The first-order chi connectivity index (χ1) is 8.69. The van der Waals surface area contributed by atoms with E-state index in [9.17, 15) is 0 Å². The minimum absolute atomic E-state index is 0.564. The molecule has 4 nitrogen and oxygen atoms in total. The standard InChI is InChI=1S/C14H26N4/c1-4-15-14(9-13-10-18(3)17-16-13)12-7-5-6-11(2)8-12/h10-12,14-15H,4-9H2,1-3H3. The van der Waals surface area contributed by atoms with Crippen LogP contribution in [0.15, 0.2) is 6.20 Å². The third-order valence-corrected chi connectivity index (χ3v) is 4.09. The molecule has 1 N–H and O–H groups in total. The number of aromatic nitrogens is 3. The Morgan fingerprint density at radius 1 is 1.50 bits per heavy atom. The van der Waals surface area contributed by atoms with Crippen molar-refractivity contribution in [2.45, 2.75) is 52.0 Å². The van der Waals surface area contributed by atoms with Crippen LogP contribution in [0.1, 0.15) is 45.2 Å². The summed E-state index contributed by atoms with van der Waals surface area (Å²) in [5.41, 5.74) is 1.11. The predicted molar refractivity (Wildman–Crippen MR) is 73.3 cm³/mol. The van der Waals surface area contributed by atoms with Gasteiger partial charge in [-0.3, -0.25) is 4.68 Å². The zero-order valence-electron chi connectivity index (χ0n) is 11.9. The van der Waals surface area contributed by atoms with Crippen LogP contribution in [0.4, 0.5) is 0 Å². The molecule has 3 unspecified atom stereocenters. The van der Waals surface area contributed by atoms with Crippen LogP contribution in [-0.2, 0) is 13.5 Å². The summed E-state index contributed by atoms with van der Waals surface area (Å²) in [5.74, 6) is 1.68. The maximum Gasteiger partial charge on any atom is 0.0842 e. The molecule has 0 aromatic carbocycles. The molecule has 1 aliphatic rings. The van der Waals surface area contributed by atoms with Crippen molar-refractivity contribution < 1.29 is 0 Å². The summed E-state index contributed by atoms with van der Waals surface area (Å²) < 4.78 is 1.79. The van der Waals surface area contributed by atoms with E-state index >= 15 is 0 Å². The van der Waals surface area contributed by atoms with Gasteiger partial charge in [0, 0.05) is 25.7 Å². The topological polar surface area (TPSA) is 42.7 Å². The summed E-state index contributed by atoms with van der Waals surface area (Å²) in [5, 5.41) is 11.9. The quantitative estimate of drug-likeness (QED) is 0.871. The van der Waals surface area contributed by atoms with Crippen molar-refractivity contribution >= 4 is 0 Å². The molecule has 1 aromatic heterocycles. The Balaban J connectivity index is 1.98. The second-order valence-electron chi connectivity index (χ2n) is 5.78. The first kappa shape index (κ1) is 13.5. The van der Waals surface area contributed by atoms with Gasteiger partial charge in [0.05, 0.1) is 5.69 Å². The number of hydrogen-bond acceptors (Lipinski definition) is 3. The van der Waals surface area contributed by atoms with Crippen LogP contribution in [0.5, 0.6) is 0 Å². The van der Waals surface area contributed by atoms with Crippen molar-refractivity contribution in [3.8, 4) is 0 Å². The second kappa shape index (κ2) is 6.32. The highest BCUT2D eigenvalue weighted by Crippen LogP contribution is 2.31. The van der Waals surface area contributed by atoms with Crippen LogP contribution in [0.3, 0.4) is 0 Å². The fourth-order valence-corrected chi connectivity index (χ4v) is 3.23. The Hall–Kier alpha value is -0.900. The molecule has 1 saturated carbocycles. The lowest BCUT2D eigenvalue weighted by Gasteiger charge is -2.33. The lowest BCUT2D eigenvalue weighted by atomic mass is 9.77. The van der Waals surface area contributed by atoms with E-state index in [-0.39, 0.29) is 0 Å². The molecular formula is C14H26N4. The minimum atomic E-state index is 0.564. The average Bonchev–Trinajstić information content (AvgIpc) is 2.74. The first-order valence-electron chi connectivity index (χ1n) is 7.27. The summed E-state index contributed by atoms with van der Waals surface area (Å²) in [7, 11) is 1.93. The zero-order chi connectivity index (χ0) is 13.0. The Labute approximate surface area is 110 Å². The van der Waals surface area contributed by atoms with Gasteiger partial charge in [-0.05, 0) is 31.2 Å². The molecule has 2 rings (SSSR count). The number of nitrogens with one attached hydrogen (secondary N) is 1. The molecule has 1 aromatic rings. The van der Waals surface area contributed by atoms with Crippen molar-refractivity contribution in [1.29, 1.82) is 0 Å². The van der Waals surface area contributed by atoms with Gasteiger partial charge in [-0.25, -0.2) is 0 Å². The van der Waals surface area contributed by atoms with E-state index in [4.69, 9.17) is 0 Å². The highest BCUT2D eigenvalue weighted by molar-refractivity contribution is 4.98. The van der Waals surface area contributed by atoms with Gasteiger partial charge in [0.1, 0.15) is 0 Å². The molecular weight excluding hydrogens is 224 g/mol. The monoisotopic (exact) mass is 250 g/mol. The minimum Gasteiger partial charge on any atom is -0.314 e. The fourth-order valence-electron chi connectivity index (χ4n) is 3.23. The molecule has 0 radical (unpaired) electrons. The predicted octanol–water partition coefficient (Wildman–Crippen LogP) is 2.16. The van der Waals surface area contributed by atoms with Crippen LogP contribution in [0, 0.1) is 11.8 Å². The largest absolute Gasteiger partial charge is 0.314 e. The summed E-state index contributed by atoms with van der Waals surface area (Å²) in [6.07, 6.45) is 8.56. The molecule has 3 atom stereocenters. The normalized spacial score (nSPS) is 26.2. The Morgan fingerprint density at radius 3 is 2.94 bits per heavy atom. The number of rotatable bonds is 5. The molecule has 0 amide bonds. The van der Waals surface area contributed by atoms with Crippen LogP contribution in [0.2, 0.25) is 0 Å². The van der Waals surface area contributed by atoms with Crippen molar-refractivity contribution in [3.63, 3.8) is 0 Å². The van der Waals surface area contributed by atoms with Crippen molar-refractivity contribution in [3.05, 3.63) is 11.9 Å². The molecule has 18 heavy (non-hydrogen) atoms. The van der Waals surface area contributed by atoms with E-state index in [1.807, 2.05) is 13.2 Å². The third kappa shape index (κ3) is 3.55. The Morgan fingerprint density at radius 2 is 2.33 bits per heavy atom. The first-order valence-corrected chi connectivity index (χ1v) is 7.27. The van der Waals surface area contributed by atoms with Crippen molar-refractivity contribution in [1.82, 2.24) is 20.3 Å². The molecule has 1 aliphatic carbocycles. The Bertz CT molecular complexity index is 360. The van der Waals surface area contributed by atoms with Gasteiger partial charge in [-0.15, -0.1) is 5.10 Å². The van der Waals surface area contributed by atoms with Crippen molar-refractivity contribution in [2.75, 3.05) is 6.54 Å². The number of nitrogens with zero attached hydrogens (tertiary/aromatic N) is 3. The van der Waals surface area contributed by atoms with E-state index in [0.717, 1.165) is 30.5 Å². The number of hydrogen-bond donors (Lipinski definition) is 1. The lowest BCUT2D eigenvalue weighted by molar-refractivity contribution is 0.222. The lowest BCUT2D eigenvalue weighted by Crippen LogP contribution is -2.40. The molecule has 0 saturated heterocycles. The second-order valence-corrected chi connectivity index (χ2v) is 5.78. The SMILES string of the molecule is CCNC(Cc1cn(C)nn1)C1CCCC(C)C1. The van der Waals surface area contributed by atoms with Gasteiger partial charge in [-0.1, -0.05) is 31.9 Å². The van der Waals surface area contributed by atoms with Crippen LogP contribution < -0.4 is 5.32 Å². The van der Waals surface area contributed by atoms with Gasteiger partial charge in [0.15, 0.2) is 0 Å². The summed E-state index contributed by atoms with van der Waals surface area (Å²) in [6, 6.07) is 0.564. The molecule has 0 bridgehead atoms. The molecule has 1 heterocycles. The van der Waals surface area contributed by atoms with E-state index in [1.165, 1.54) is 25.7 Å². The Kier molecular flexibility index (Phi) is 4.75. The summed E-state index contributed by atoms with van der Waals surface area (Å²) >= 11 is 0. The third-order valence-electron chi connectivity index (χ3n) is 4.09. The van der Waals surface area contributed by atoms with Crippen LogP contribution >= 0.6 is 0 Å². The van der Waals surface area contributed by atoms with Crippen molar-refractivity contribution in [2.24, 2.45) is 18.9 Å². The highest BCUT2D eigenvalue weighted by atomic mass is 15.4. The number of aryl methyl sites for hydroxylation is 1. The highest BCUT2D eigenvalue weighted by Gasteiger charge is 2.26. The van der Waals surface area contributed by atoms with Gasteiger partial charge in [0.25, 0.3) is 0 Å². The zero-order valence-corrected chi connectivity index (χ0v) is 11.9. The molecule has 102 valence electrons. The van der Waals surface area contributed by atoms with Gasteiger partial charge >= 0.3 is 0 Å². The number of likely N-dealkylation sites (N-methyl/N-ethyl adjacent to an activating group) is 1. The maximum atomic E-state index is 4.22. The van der Waals surface area contributed by atoms with E-state index in [1.54, 1.807) is 4.68 Å². The van der Waals surface area contributed by atoms with Gasteiger partial charge < -0.3 is 5.32 Å². The summed E-state index contributed by atoms with van der Waals surface area (Å²) in [6.45, 7) is 5.61. The molecule has 4 heteroatoms. The molecule has 1 fully saturated rings. The van der Waals surface area contributed by atoms with Gasteiger partial charge in [0.2, 0.25) is 0 Å². The van der Waals surface area contributed by atoms with E-state index in [0.29, 0.717) is 6.04 Å². The maximum absolute atomic E-state index is 4.22. The van der Waals surface area contributed by atoms with Gasteiger partial charge in [-0.2, -0.15) is 0 Å². The summed E-state index contributed by atoms with van der Waals surface area (Å²) in [4.78, 5) is 0. The van der Waals surface area contributed by atoms with E-state index in [2.05, 4.69) is 29.5 Å². The fraction of sp³-hybridized carbons (Fsp3) is 0.857. The van der Waals surface area contributed by atoms with E-state index < -0.39 is 0 Å².